The Morgan fingerprint density at radius 2 is 2.47 bits per heavy atom. The van der Waals surface area contributed by atoms with Gasteiger partial charge in [0, 0.05) is 11.3 Å². The Kier molecular flexibility index (Phi) is 3.93. The number of rotatable bonds is 5. The first-order valence-electron chi connectivity index (χ1n) is 5.44. The second kappa shape index (κ2) is 5.63. The molecule has 2 rings (SSSR count). The van der Waals surface area contributed by atoms with Gasteiger partial charge in [0.15, 0.2) is 0 Å². The molecule has 0 spiro atoms. The van der Waals surface area contributed by atoms with E-state index in [-0.39, 0.29) is 5.91 Å². The Morgan fingerprint density at radius 3 is 3.12 bits per heavy atom. The van der Waals surface area contributed by atoms with Crippen molar-refractivity contribution in [2.24, 2.45) is 0 Å². The Hall–Kier alpha value is -1.62. The van der Waals surface area contributed by atoms with Gasteiger partial charge in [-0.3, -0.25) is 4.79 Å². The highest BCUT2D eigenvalue weighted by atomic mass is 32.1. The largest absolute Gasteiger partial charge is 0.444 e. The van der Waals surface area contributed by atoms with Gasteiger partial charge in [-0.05, 0) is 24.8 Å². The number of nitrogens with zero attached hydrogens (tertiary/aromatic N) is 1. The zero-order chi connectivity index (χ0) is 12.1. The van der Waals surface area contributed by atoms with Crippen LogP contribution in [0.3, 0.4) is 0 Å². The van der Waals surface area contributed by atoms with Crippen LogP contribution in [0.4, 0.5) is 0 Å². The molecule has 0 unspecified atom stereocenters. The van der Waals surface area contributed by atoms with E-state index in [0.29, 0.717) is 18.9 Å². The molecule has 0 bridgehead atoms. The fourth-order valence-electron chi connectivity index (χ4n) is 1.44. The third-order valence-corrected chi connectivity index (χ3v) is 3.22. The van der Waals surface area contributed by atoms with Crippen molar-refractivity contribution in [3.63, 3.8) is 0 Å². The number of oxazole rings is 1. The zero-order valence-electron chi connectivity index (χ0n) is 9.60. The van der Waals surface area contributed by atoms with Crippen molar-refractivity contribution in [1.82, 2.24) is 10.3 Å². The average Bonchev–Trinajstić information content (AvgIpc) is 2.95. The van der Waals surface area contributed by atoms with Gasteiger partial charge in [0.05, 0.1) is 12.7 Å². The van der Waals surface area contributed by atoms with Gasteiger partial charge in [0.1, 0.15) is 5.76 Å². The van der Waals surface area contributed by atoms with Crippen LogP contribution in [0.25, 0.3) is 0 Å². The molecule has 0 fully saturated rings. The van der Waals surface area contributed by atoms with Crippen molar-refractivity contribution in [2.45, 2.75) is 26.3 Å². The van der Waals surface area contributed by atoms with Crippen LogP contribution in [-0.4, -0.2) is 10.9 Å². The number of carbonyl (C=O) groups excluding carboxylic acids is 1. The van der Waals surface area contributed by atoms with E-state index < -0.39 is 0 Å². The molecule has 0 radical (unpaired) electrons. The third-order valence-electron chi connectivity index (χ3n) is 2.28. The first kappa shape index (κ1) is 11.9. The van der Waals surface area contributed by atoms with E-state index in [1.54, 1.807) is 17.5 Å². The van der Waals surface area contributed by atoms with Crippen LogP contribution >= 0.6 is 11.3 Å². The molecule has 0 aromatic carbocycles. The van der Waals surface area contributed by atoms with E-state index >= 15 is 0 Å². The lowest BCUT2D eigenvalue weighted by molar-refractivity contribution is -0.121. The van der Waals surface area contributed by atoms with Gasteiger partial charge in [0.2, 0.25) is 11.8 Å². The lowest BCUT2D eigenvalue weighted by Crippen LogP contribution is -2.23. The number of thiophene rings is 1. The molecule has 4 nitrogen and oxygen atoms in total. The van der Waals surface area contributed by atoms with Crippen molar-refractivity contribution < 1.29 is 9.21 Å². The number of hydrogen-bond donors (Lipinski definition) is 1. The standard InChI is InChI=1S/C12H14N2O2S/c1-9-7-14-12(16-9)8-13-11(15)5-4-10-3-2-6-17-10/h2-3,6-7H,4-5,8H2,1H3,(H,13,15). The van der Waals surface area contributed by atoms with Crippen LogP contribution in [0, 0.1) is 6.92 Å². The number of hydrogen-bond acceptors (Lipinski definition) is 4. The molecule has 0 saturated heterocycles. The Labute approximate surface area is 104 Å². The molecular formula is C12H14N2O2S. The highest BCUT2D eigenvalue weighted by molar-refractivity contribution is 7.09. The van der Waals surface area contributed by atoms with Crippen molar-refractivity contribution in [2.75, 3.05) is 0 Å². The minimum atomic E-state index is 0.0225. The van der Waals surface area contributed by atoms with Crippen molar-refractivity contribution in [1.29, 1.82) is 0 Å². The third kappa shape index (κ3) is 3.71. The fraction of sp³-hybridized carbons (Fsp3) is 0.333. The zero-order valence-corrected chi connectivity index (χ0v) is 10.4. The minimum Gasteiger partial charge on any atom is -0.444 e. The Balaban J connectivity index is 1.71. The molecule has 2 aromatic rings. The summed E-state index contributed by atoms with van der Waals surface area (Å²) in [5.74, 6) is 1.33. The van der Waals surface area contributed by atoms with Crippen LogP contribution in [-0.2, 0) is 17.8 Å². The summed E-state index contributed by atoms with van der Waals surface area (Å²) in [6.45, 7) is 2.19. The first-order chi connectivity index (χ1) is 8.24. The van der Waals surface area contributed by atoms with Gasteiger partial charge >= 0.3 is 0 Å². The number of carbonyl (C=O) groups is 1. The summed E-state index contributed by atoms with van der Waals surface area (Å²) in [6, 6.07) is 4.03. The second-order valence-corrected chi connectivity index (χ2v) is 4.75. The van der Waals surface area contributed by atoms with E-state index in [4.69, 9.17) is 4.42 Å². The molecule has 2 aromatic heterocycles. The molecular weight excluding hydrogens is 236 g/mol. The first-order valence-corrected chi connectivity index (χ1v) is 6.32. The van der Waals surface area contributed by atoms with Crippen molar-refractivity contribution in [3.8, 4) is 0 Å². The summed E-state index contributed by atoms with van der Waals surface area (Å²) >= 11 is 1.67. The van der Waals surface area contributed by atoms with Gasteiger partial charge in [-0.1, -0.05) is 6.07 Å². The summed E-state index contributed by atoms with van der Waals surface area (Å²) in [7, 11) is 0. The molecule has 1 amide bonds. The Bertz CT molecular complexity index is 476. The lowest BCUT2D eigenvalue weighted by Gasteiger charge is -2.01. The molecule has 5 heteroatoms. The highest BCUT2D eigenvalue weighted by Gasteiger charge is 2.05. The molecule has 2 heterocycles. The maximum absolute atomic E-state index is 11.5. The van der Waals surface area contributed by atoms with E-state index in [1.807, 2.05) is 24.4 Å². The van der Waals surface area contributed by atoms with Crippen LogP contribution in [0.15, 0.2) is 28.1 Å². The van der Waals surface area contributed by atoms with E-state index in [9.17, 15) is 4.79 Å². The van der Waals surface area contributed by atoms with Crippen LogP contribution < -0.4 is 5.32 Å². The minimum absolute atomic E-state index is 0.0225. The topological polar surface area (TPSA) is 55.1 Å². The van der Waals surface area contributed by atoms with Crippen LogP contribution in [0.2, 0.25) is 0 Å². The smallest absolute Gasteiger partial charge is 0.220 e. The molecule has 0 aliphatic carbocycles. The van der Waals surface area contributed by atoms with Crippen molar-refractivity contribution >= 4 is 17.2 Å². The second-order valence-electron chi connectivity index (χ2n) is 3.72. The van der Waals surface area contributed by atoms with Gasteiger partial charge in [-0.15, -0.1) is 11.3 Å². The summed E-state index contributed by atoms with van der Waals surface area (Å²) in [5.41, 5.74) is 0. The molecule has 90 valence electrons. The van der Waals surface area contributed by atoms with Gasteiger partial charge < -0.3 is 9.73 Å². The van der Waals surface area contributed by atoms with Gasteiger partial charge in [0.25, 0.3) is 0 Å². The maximum Gasteiger partial charge on any atom is 0.220 e. The highest BCUT2D eigenvalue weighted by Crippen LogP contribution is 2.10. The summed E-state index contributed by atoms with van der Waals surface area (Å²) in [6.07, 6.45) is 2.93. The van der Waals surface area contributed by atoms with Crippen molar-refractivity contribution in [3.05, 3.63) is 40.2 Å². The van der Waals surface area contributed by atoms with Gasteiger partial charge in [-0.2, -0.15) is 0 Å². The molecule has 0 aliphatic rings. The number of aromatic nitrogens is 1. The predicted octanol–water partition coefficient (Wildman–Crippen LogP) is 2.29. The average molecular weight is 250 g/mol. The van der Waals surface area contributed by atoms with Crippen LogP contribution in [0.1, 0.15) is 22.9 Å². The number of aryl methyl sites for hydroxylation is 2. The molecule has 17 heavy (non-hydrogen) atoms. The number of amides is 1. The molecule has 0 saturated carbocycles. The molecule has 1 N–H and O–H groups in total. The monoisotopic (exact) mass is 250 g/mol. The van der Waals surface area contributed by atoms with Crippen LogP contribution in [0.5, 0.6) is 0 Å². The predicted molar refractivity (Wildman–Crippen MR) is 65.7 cm³/mol. The Morgan fingerprint density at radius 1 is 1.59 bits per heavy atom. The van der Waals surface area contributed by atoms with Gasteiger partial charge in [-0.25, -0.2) is 4.98 Å². The SMILES string of the molecule is Cc1cnc(CNC(=O)CCc2cccs2)o1. The molecule has 0 aliphatic heterocycles. The van der Waals surface area contributed by atoms with E-state index in [0.717, 1.165) is 12.2 Å². The van der Waals surface area contributed by atoms with E-state index in [2.05, 4.69) is 10.3 Å². The van der Waals surface area contributed by atoms with E-state index in [1.165, 1.54) is 4.88 Å². The summed E-state index contributed by atoms with van der Waals surface area (Å²) in [5, 5.41) is 4.80. The fourth-order valence-corrected chi connectivity index (χ4v) is 2.15. The summed E-state index contributed by atoms with van der Waals surface area (Å²) in [4.78, 5) is 16.8. The lowest BCUT2D eigenvalue weighted by atomic mass is 10.2. The normalized spacial score (nSPS) is 10.4. The maximum atomic E-state index is 11.5. The summed E-state index contributed by atoms with van der Waals surface area (Å²) < 4.78 is 5.26. The molecule has 0 atom stereocenters. The number of nitrogens with one attached hydrogen (secondary N) is 1. The quantitative estimate of drug-likeness (QED) is 0.885.